The fraction of sp³-hybridized carbons (Fsp3) is 0.933. The van der Waals surface area contributed by atoms with E-state index in [-0.39, 0.29) is 5.38 Å². The lowest BCUT2D eigenvalue weighted by Crippen LogP contribution is -2.49. The summed E-state index contributed by atoms with van der Waals surface area (Å²) in [4.78, 5) is 0. The van der Waals surface area contributed by atoms with E-state index in [1.54, 1.807) is 0 Å². The average Bonchev–Trinajstić information content (AvgIpc) is 2.85. The molecular formula is C15H23ClN4. The van der Waals surface area contributed by atoms with E-state index in [1.807, 2.05) is 11.6 Å². The molecule has 4 fully saturated rings. The van der Waals surface area contributed by atoms with Crippen LogP contribution >= 0.6 is 11.6 Å². The number of nitrogens with zero attached hydrogens (tertiary/aromatic N) is 4. The number of hydrogen-bond donors (Lipinski definition) is 0. The highest BCUT2D eigenvalue weighted by Crippen LogP contribution is 2.63. The topological polar surface area (TPSA) is 43.6 Å². The van der Waals surface area contributed by atoms with E-state index in [0.29, 0.717) is 11.5 Å². The van der Waals surface area contributed by atoms with Gasteiger partial charge in [0.1, 0.15) is 0 Å². The van der Waals surface area contributed by atoms with Crippen molar-refractivity contribution in [3.05, 3.63) is 5.82 Å². The highest BCUT2D eigenvalue weighted by Gasteiger charge is 2.54. The molecule has 0 aromatic carbocycles. The van der Waals surface area contributed by atoms with Crippen LogP contribution in [0.2, 0.25) is 0 Å². The van der Waals surface area contributed by atoms with Crippen LogP contribution in [-0.4, -0.2) is 20.2 Å². The molecule has 0 spiro atoms. The molecule has 4 aliphatic carbocycles. The predicted molar refractivity (Wildman–Crippen MR) is 77.4 cm³/mol. The molecule has 0 N–H and O–H groups in total. The standard InChI is InChI=1S/C15H23ClN4/c1-9(16)14-17-18-19-20(14)10(2)15-6-11-3-12(7-15)5-13(4-11)8-15/h9-13H,3-8H2,1-2H3. The van der Waals surface area contributed by atoms with Crippen molar-refractivity contribution < 1.29 is 0 Å². The number of tetrazole rings is 1. The van der Waals surface area contributed by atoms with Crippen LogP contribution in [0.15, 0.2) is 0 Å². The molecule has 2 atom stereocenters. The van der Waals surface area contributed by atoms with Crippen LogP contribution in [-0.2, 0) is 0 Å². The second-order valence-electron chi connectivity index (χ2n) is 7.55. The van der Waals surface area contributed by atoms with Gasteiger partial charge < -0.3 is 0 Å². The van der Waals surface area contributed by atoms with E-state index in [1.165, 1.54) is 38.5 Å². The fourth-order valence-corrected chi connectivity index (χ4v) is 5.83. The normalized spacial score (nSPS) is 41.9. The Bertz CT molecular complexity index is 474. The van der Waals surface area contributed by atoms with Gasteiger partial charge in [0.2, 0.25) is 0 Å². The van der Waals surface area contributed by atoms with Gasteiger partial charge in [0, 0.05) is 0 Å². The molecule has 0 amide bonds. The second-order valence-corrected chi connectivity index (χ2v) is 8.21. The molecule has 4 aliphatic rings. The van der Waals surface area contributed by atoms with Crippen LogP contribution in [0.3, 0.4) is 0 Å². The van der Waals surface area contributed by atoms with Crippen LogP contribution in [0, 0.1) is 23.2 Å². The Hall–Kier alpha value is -0.640. The quantitative estimate of drug-likeness (QED) is 0.798. The fourth-order valence-electron chi connectivity index (χ4n) is 5.69. The summed E-state index contributed by atoms with van der Waals surface area (Å²) in [5.41, 5.74) is 0.421. The average molecular weight is 295 g/mol. The summed E-state index contributed by atoms with van der Waals surface area (Å²) < 4.78 is 2.02. The Labute approximate surface area is 125 Å². The number of aromatic nitrogens is 4. The second kappa shape index (κ2) is 4.43. The molecule has 1 aromatic rings. The Kier molecular flexibility index (Phi) is 2.89. The minimum Gasteiger partial charge on any atom is -0.225 e. The van der Waals surface area contributed by atoms with Gasteiger partial charge in [0.25, 0.3) is 0 Å². The van der Waals surface area contributed by atoms with Gasteiger partial charge in [-0.1, -0.05) is 0 Å². The van der Waals surface area contributed by atoms with E-state index < -0.39 is 0 Å². The maximum absolute atomic E-state index is 6.24. The minimum atomic E-state index is -0.124. The number of hydrogen-bond acceptors (Lipinski definition) is 3. The van der Waals surface area contributed by atoms with Crippen molar-refractivity contribution in [2.24, 2.45) is 23.2 Å². The molecule has 1 aromatic heterocycles. The molecule has 0 aliphatic heterocycles. The zero-order valence-electron chi connectivity index (χ0n) is 12.3. The van der Waals surface area contributed by atoms with Gasteiger partial charge in [-0.25, -0.2) is 4.68 Å². The molecule has 4 bridgehead atoms. The summed E-state index contributed by atoms with van der Waals surface area (Å²) in [7, 11) is 0. The van der Waals surface area contributed by atoms with Gasteiger partial charge in [-0.15, -0.1) is 16.7 Å². The van der Waals surface area contributed by atoms with Crippen LogP contribution in [0.25, 0.3) is 0 Å². The summed E-state index contributed by atoms with van der Waals surface area (Å²) in [6.45, 7) is 4.27. The van der Waals surface area contributed by atoms with Crippen molar-refractivity contribution in [2.45, 2.75) is 63.8 Å². The lowest BCUT2D eigenvalue weighted by atomic mass is 9.48. The molecule has 1 heterocycles. The summed E-state index contributed by atoms with van der Waals surface area (Å²) in [6, 6.07) is 0.377. The molecule has 5 rings (SSSR count). The molecule has 5 heteroatoms. The monoisotopic (exact) mass is 294 g/mol. The van der Waals surface area contributed by atoms with Crippen LogP contribution < -0.4 is 0 Å². The summed E-state index contributed by atoms with van der Waals surface area (Å²) in [5, 5.41) is 12.1. The van der Waals surface area contributed by atoms with E-state index in [9.17, 15) is 0 Å². The number of rotatable bonds is 3. The van der Waals surface area contributed by atoms with E-state index in [2.05, 4.69) is 22.4 Å². The largest absolute Gasteiger partial charge is 0.225 e. The van der Waals surface area contributed by atoms with Gasteiger partial charge in [-0.05, 0) is 86.0 Å². The summed E-state index contributed by atoms with van der Waals surface area (Å²) in [6.07, 6.45) is 8.53. The molecule has 0 radical (unpaired) electrons. The Morgan fingerprint density at radius 2 is 1.65 bits per heavy atom. The van der Waals surface area contributed by atoms with Crippen molar-refractivity contribution in [2.75, 3.05) is 0 Å². The molecule has 4 nitrogen and oxygen atoms in total. The van der Waals surface area contributed by atoms with E-state index >= 15 is 0 Å². The van der Waals surface area contributed by atoms with Crippen molar-refractivity contribution in [3.63, 3.8) is 0 Å². The van der Waals surface area contributed by atoms with Crippen molar-refractivity contribution in [3.8, 4) is 0 Å². The van der Waals surface area contributed by atoms with Crippen LogP contribution in [0.5, 0.6) is 0 Å². The van der Waals surface area contributed by atoms with E-state index in [4.69, 9.17) is 11.6 Å². The molecule has 0 saturated heterocycles. The lowest BCUT2D eigenvalue weighted by Gasteiger charge is -2.58. The number of halogens is 1. The molecular weight excluding hydrogens is 272 g/mol. The highest BCUT2D eigenvalue weighted by atomic mass is 35.5. The first-order valence-corrected chi connectivity index (χ1v) is 8.43. The van der Waals surface area contributed by atoms with Gasteiger partial charge >= 0.3 is 0 Å². The Morgan fingerprint density at radius 3 is 2.15 bits per heavy atom. The van der Waals surface area contributed by atoms with Gasteiger partial charge in [-0.3, -0.25) is 0 Å². The van der Waals surface area contributed by atoms with Gasteiger partial charge in [0.15, 0.2) is 5.82 Å². The SMILES string of the molecule is CC(Cl)c1nnnn1C(C)C12CC3CC(CC(C3)C1)C2. The number of alkyl halides is 1. The van der Waals surface area contributed by atoms with Crippen LogP contribution in [0.1, 0.15) is 69.6 Å². The first-order chi connectivity index (χ1) is 9.57. The molecule has 110 valence electrons. The highest BCUT2D eigenvalue weighted by molar-refractivity contribution is 6.20. The maximum Gasteiger partial charge on any atom is 0.169 e. The first kappa shape index (κ1) is 13.1. The van der Waals surface area contributed by atoms with Crippen molar-refractivity contribution in [1.29, 1.82) is 0 Å². The third-order valence-electron chi connectivity index (χ3n) is 6.21. The molecule has 2 unspecified atom stereocenters. The lowest BCUT2D eigenvalue weighted by molar-refractivity contribution is -0.0818. The summed E-state index contributed by atoms with van der Waals surface area (Å²) in [5.74, 6) is 3.70. The Balaban J connectivity index is 1.68. The smallest absolute Gasteiger partial charge is 0.169 e. The predicted octanol–water partition coefficient (Wildman–Crippen LogP) is 3.75. The Morgan fingerprint density at radius 1 is 1.10 bits per heavy atom. The summed E-state index contributed by atoms with van der Waals surface area (Å²) >= 11 is 6.24. The maximum atomic E-state index is 6.24. The minimum absolute atomic E-state index is 0.124. The first-order valence-electron chi connectivity index (χ1n) is 7.99. The molecule has 20 heavy (non-hydrogen) atoms. The zero-order valence-corrected chi connectivity index (χ0v) is 13.1. The molecule has 4 saturated carbocycles. The zero-order chi connectivity index (χ0) is 13.9. The van der Waals surface area contributed by atoms with Crippen LogP contribution in [0.4, 0.5) is 0 Å². The van der Waals surface area contributed by atoms with Crippen molar-refractivity contribution in [1.82, 2.24) is 20.2 Å². The van der Waals surface area contributed by atoms with E-state index in [0.717, 1.165) is 23.6 Å². The van der Waals surface area contributed by atoms with Crippen molar-refractivity contribution >= 4 is 11.6 Å². The van der Waals surface area contributed by atoms with Gasteiger partial charge in [0.05, 0.1) is 11.4 Å². The van der Waals surface area contributed by atoms with Gasteiger partial charge in [-0.2, -0.15) is 0 Å². The third kappa shape index (κ3) is 1.83. The third-order valence-corrected chi connectivity index (χ3v) is 6.41.